The first-order chi connectivity index (χ1) is 8.97. The number of ether oxygens (including phenoxy) is 2. The molecule has 5 nitrogen and oxygen atoms in total. The van der Waals surface area contributed by atoms with Crippen LogP contribution in [0.5, 0.6) is 0 Å². The minimum atomic E-state index is -3.68. The lowest BCUT2D eigenvalue weighted by Crippen LogP contribution is -2.28. The van der Waals surface area contributed by atoms with Crippen LogP contribution in [0, 0.1) is 5.82 Å². The number of hydrogen-bond donors (Lipinski definition) is 1. The van der Waals surface area contributed by atoms with Crippen molar-refractivity contribution in [1.29, 1.82) is 0 Å². The Bertz CT molecular complexity index is 509. The summed E-state index contributed by atoms with van der Waals surface area (Å²) in [5, 5.41) is 0. The van der Waals surface area contributed by atoms with Gasteiger partial charge < -0.3 is 9.47 Å². The van der Waals surface area contributed by atoms with Crippen LogP contribution in [-0.2, 0) is 19.5 Å². The molecule has 0 aliphatic carbocycles. The van der Waals surface area contributed by atoms with E-state index in [0.29, 0.717) is 13.2 Å². The predicted octanol–water partition coefficient (Wildman–Crippen LogP) is 1.53. The lowest BCUT2D eigenvalue weighted by atomic mass is 10.3. The summed E-state index contributed by atoms with van der Waals surface area (Å²) in [7, 11) is -2.12. The third-order valence-electron chi connectivity index (χ3n) is 2.15. The van der Waals surface area contributed by atoms with Crippen molar-refractivity contribution in [2.75, 3.05) is 33.5 Å². The van der Waals surface area contributed by atoms with E-state index in [4.69, 9.17) is 9.47 Å². The number of sulfonamides is 1. The molecule has 108 valence electrons. The van der Waals surface area contributed by atoms with Gasteiger partial charge in [-0.05, 0) is 34.1 Å². The van der Waals surface area contributed by atoms with Crippen LogP contribution in [0.2, 0.25) is 0 Å². The van der Waals surface area contributed by atoms with Gasteiger partial charge in [-0.25, -0.2) is 17.5 Å². The molecule has 1 rings (SSSR count). The van der Waals surface area contributed by atoms with Crippen molar-refractivity contribution in [3.05, 3.63) is 28.5 Å². The summed E-state index contributed by atoms with van der Waals surface area (Å²) in [6, 6.07) is 3.39. The number of methoxy groups -OCH3 is 1. The van der Waals surface area contributed by atoms with E-state index in [1.807, 2.05) is 0 Å². The Balaban J connectivity index is 2.52. The van der Waals surface area contributed by atoms with Crippen LogP contribution >= 0.6 is 15.9 Å². The monoisotopic (exact) mass is 355 g/mol. The lowest BCUT2D eigenvalue weighted by molar-refractivity contribution is 0.0736. The lowest BCUT2D eigenvalue weighted by Gasteiger charge is -2.09. The molecule has 0 radical (unpaired) electrons. The van der Waals surface area contributed by atoms with E-state index in [1.54, 1.807) is 7.11 Å². The van der Waals surface area contributed by atoms with Crippen molar-refractivity contribution in [3.63, 3.8) is 0 Å². The topological polar surface area (TPSA) is 64.6 Å². The second-order valence-corrected chi connectivity index (χ2v) is 6.17. The highest BCUT2D eigenvalue weighted by molar-refractivity contribution is 9.10. The fourth-order valence-corrected chi connectivity index (χ4v) is 3.32. The largest absolute Gasteiger partial charge is 0.382 e. The highest BCUT2D eigenvalue weighted by Gasteiger charge is 2.17. The quantitative estimate of drug-likeness (QED) is 0.718. The first-order valence-electron chi connectivity index (χ1n) is 5.49. The van der Waals surface area contributed by atoms with Gasteiger partial charge in [0, 0.05) is 18.1 Å². The molecule has 0 fully saturated rings. The summed E-state index contributed by atoms with van der Waals surface area (Å²) in [6.45, 7) is 1.23. The van der Waals surface area contributed by atoms with Crippen LogP contribution in [-0.4, -0.2) is 41.9 Å². The third kappa shape index (κ3) is 5.53. The second-order valence-electron chi connectivity index (χ2n) is 3.58. The average molecular weight is 356 g/mol. The van der Waals surface area contributed by atoms with Crippen LogP contribution in [0.3, 0.4) is 0 Å². The Kier molecular flexibility index (Phi) is 6.87. The number of halogens is 2. The summed E-state index contributed by atoms with van der Waals surface area (Å²) in [6.07, 6.45) is 0. The summed E-state index contributed by atoms with van der Waals surface area (Å²) in [4.78, 5) is -0.00853. The SMILES string of the molecule is COCCOCCNS(=O)(=O)c1ccc(F)cc1Br. The molecule has 0 aliphatic heterocycles. The number of nitrogens with one attached hydrogen (secondary N) is 1. The fraction of sp³-hybridized carbons (Fsp3) is 0.455. The Morgan fingerprint density at radius 2 is 2.05 bits per heavy atom. The average Bonchev–Trinajstić information content (AvgIpc) is 2.33. The minimum Gasteiger partial charge on any atom is -0.382 e. The van der Waals surface area contributed by atoms with Crippen molar-refractivity contribution in [2.45, 2.75) is 4.90 Å². The molecule has 0 heterocycles. The molecule has 1 aromatic carbocycles. The zero-order chi connectivity index (χ0) is 14.3. The first kappa shape index (κ1) is 16.5. The normalized spacial score (nSPS) is 11.7. The van der Waals surface area contributed by atoms with E-state index in [-0.39, 0.29) is 22.5 Å². The van der Waals surface area contributed by atoms with Crippen molar-refractivity contribution in [3.8, 4) is 0 Å². The molecule has 0 atom stereocenters. The highest BCUT2D eigenvalue weighted by Crippen LogP contribution is 2.22. The van der Waals surface area contributed by atoms with E-state index in [2.05, 4.69) is 20.7 Å². The Morgan fingerprint density at radius 1 is 1.32 bits per heavy atom. The van der Waals surface area contributed by atoms with E-state index >= 15 is 0 Å². The van der Waals surface area contributed by atoms with Gasteiger partial charge in [-0.1, -0.05) is 0 Å². The highest BCUT2D eigenvalue weighted by atomic mass is 79.9. The number of hydrogen-bond acceptors (Lipinski definition) is 4. The van der Waals surface area contributed by atoms with Crippen molar-refractivity contribution >= 4 is 26.0 Å². The summed E-state index contributed by atoms with van der Waals surface area (Å²) >= 11 is 3.02. The number of benzene rings is 1. The Labute approximate surface area is 120 Å². The van der Waals surface area contributed by atoms with Gasteiger partial charge in [0.05, 0.1) is 24.7 Å². The Morgan fingerprint density at radius 3 is 2.68 bits per heavy atom. The predicted molar refractivity (Wildman–Crippen MR) is 72.0 cm³/mol. The molecule has 0 spiro atoms. The summed E-state index contributed by atoms with van der Waals surface area (Å²) in [5.41, 5.74) is 0. The molecular formula is C11H15BrFNO4S. The maximum absolute atomic E-state index is 12.9. The molecule has 0 bridgehead atoms. The van der Waals surface area contributed by atoms with Crippen LogP contribution in [0.25, 0.3) is 0 Å². The first-order valence-corrected chi connectivity index (χ1v) is 7.76. The zero-order valence-electron chi connectivity index (χ0n) is 10.4. The second kappa shape index (κ2) is 7.91. The van der Waals surface area contributed by atoms with Crippen LogP contribution in [0.15, 0.2) is 27.6 Å². The number of rotatable bonds is 8. The zero-order valence-corrected chi connectivity index (χ0v) is 12.8. The molecule has 1 N–H and O–H groups in total. The van der Waals surface area contributed by atoms with Gasteiger partial charge in [0.1, 0.15) is 5.82 Å². The van der Waals surface area contributed by atoms with Crippen LogP contribution in [0.4, 0.5) is 4.39 Å². The van der Waals surface area contributed by atoms with E-state index in [1.165, 1.54) is 6.07 Å². The smallest absolute Gasteiger partial charge is 0.241 e. The molecule has 19 heavy (non-hydrogen) atoms. The van der Waals surface area contributed by atoms with Gasteiger partial charge in [-0.2, -0.15) is 0 Å². The van der Waals surface area contributed by atoms with Crippen molar-refractivity contribution in [2.24, 2.45) is 0 Å². The van der Waals surface area contributed by atoms with Gasteiger partial charge in [0.15, 0.2) is 0 Å². The van der Waals surface area contributed by atoms with E-state index in [0.717, 1.165) is 12.1 Å². The molecule has 0 aliphatic rings. The van der Waals surface area contributed by atoms with Crippen LogP contribution in [0.1, 0.15) is 0 Å². The van der Waals surface area contributed by atoms with Gasteiger partial charge in [-0.15, -0.1) is 0 Å². The molecule has 0 saturated carbocycles. The third-order valence-corrected chi connectivity index (χ3v) is 4.59. The molecule has 1 aromatic rings. The van der Waals surface area contributed by atoms with E-state index < -0.39 is 15.8 Å². The van der Waals surface area contributed by atoms with Crippen LogP contribution < -0.4 is 4.72 Å². The van der Waals surface area contributed by atoms with Crippen molar-refractivity contribution in [1.82, 2.24) is 4.72 Å². The molecule has 0 saturated heterocycles. The fourth-order valence-electron chi connectivity index (χ4n) is 1.26. The van der Waals surface area contributed by atoms with Gasteiger partial charge in [0.25, 0.3) is 0 Å². The maximum Gasteiger partial charge on any atom is 0.241 e. The Hall–Kier alpha value is -0.540. The summed E-state index contributed by atoms with van der Waals surface area (Å²) in [5.74, 6) is -0.506. The molecule has 0 aromatic heterocycles. The molecular weight excluding hydrogens is 341 g/mol. The van der Waals surface area contributed by atoms with Gasteiger partial charge in [0.2, 0.25) is 10.0 Å². The standard InChI is InChI=1S/C11H15BrFNO4S/c1-17-6-7-18-5-4-14-19(15,16)11-3-2-9(13)8-10(11)12/h2-3,8,14H,4-7H2,1H3. The van der Waals surface area contributed by atoms with Gasteiger partial charge >= 0.3 is 0 Å². The molecule has 0 amide bonds. The van der Waals surface area contributed by atoms with Gasteiger partial charge in [-0.3, -0.25) is 0 Å². The maximum atomic E-state index is 12.9. The summed E-state index contributed by atoms with van der Waals surface area (Å²) < 4.78 is 49.2. The molecule has 0 unspecified atom stereocenters. The van der Waals surface area contributed by atoms with Crippen molar-refractivity contribution < 1.29 is 22.3 Å². The molecule has 8 heteroatoms. The van der Waals surface area contributed by atoms with E-state index in [9.17, 15) is 12.8 Å². The minimum absolute atomic E-state index is 0.00853.